The average Bonchev–Trinajstić information content (AvgIpc) is 2.56. The van der Waals surface area contributed by atoms with Crippen LogP contribution in [0.4, 0.5) is 0 Å². The SMILES string of the molecule is Cc1cn(C)c(COc2ccccc2C)n1. The number of hydrogen-bond donors (Lipinski definition) is 0. The van der Waals surface area contributed by atoms with Gasteiger partial charge in [0.05, 0.1) is 5.69 Å². The number of aryl methyl sites for hydroxylation is 3. The van der Waals surface area contributed by atoms with Crippen LogP contribution in [-0.4, -0.2) is 9.55 Å². The molecule has 0 N–H and O–H groups in total. The summed E-state index contributed by atoms with van der Waals surface area (Å²) in [5.41, 5.74) is 2.17. The highest BCUT2D eigenvalue weighted by Crippen LogP contribution is 2.17. The number of imidazole rings is 1. The fourth-order valence-corrected chi connectivity index (χ4v) is 1.66. The van der Waals surface area contributed by atoms with Crippen molar-refractivity contribution in [2.45, 2.75) is 20.5 Å². The summed E-state index contributed by atoms with van der Waals surface area (Å²) in [6.07, 6.45) is 2.00. The van der Waals surface area contributed by atoms with Crippen molar-refractivity contribution in [3.8, 4) is 5.75 Å². The Balaban J connectivity index is 2.08. The van der Waals surface area contributed by atoms with Crippen LogP contribution in [-0.2, 0) is 13.7 Å². The Morgan fingerprint density at radius 1 is 1.25 bits per heavy atom. The highest BCUT2D eigenvalue weighted by molar-refractivity contribution is 5.31. The van der Waals surface area contributed by atoms with Gasteiger partial charge in [0.1, 0.15) is 18.2 Å². The smallest absolute Gasteiger partial charge is 0.146 e. The number of rotatable bonds is 3. The van der Waals surface area contributed by atoms with E-state index in [4.69, 9.17) is 4.74 Å². The lowest BCUT2D eigenvalue weighted by molar-refractivity contribution is 0.290. The van der Waals surface area contributed by atoms with Crippen LogP contribution in [0.15, 0.2) is 30.5 Å². The second kappa shape index (κ2) is 4.39. The number of ether oxygens (including phenoxy) is 1. The summed E-state index contributed by atoms with van der Waals surface area (Å²) in [5.74, 6) is 1.86. The molecule has 0 radical (unpaired) electrons. The van der Waals surface area contributed by atoms with E-state index in [1.165, 1.54) is 0 Å². The number of aromatic nitrogens is 2. The molecule has 1 aromatic carbocycles. The normalized spacial score (nSPS) is 10.4. The van der Waals surface area contributed by atoms with Crippen molar-refractivity contribution in [1.82, 2.24) is 9.55 Å². The molecule has 3 nitrogen and oxygen atoms in total. The lowest BCUT2D eigenvalue weighted by Crippen LogP contribution is -2.03. The Morgan fingerprint density at radius 3 is 2.62 bits per heavy atom. The van der Waals surface area contributed by atoms with E-state index in [-0.39, 0.29) is 0 Å². The minimum atomic E-state index is 0.509. The molecule has 0 bridgehead atoms. The zero-order valence-corrected chi connectivity index (χ0v) is 9.90. The topological polar surface area (TPSA) is 27.1 Å². The van der Waals surface area contributed by atoms with Gasteiger partial charge in [0.2, 0.25) is 0 Å². The van der Waals surface area contributed by atoms with Crippen LogP contribution in [0.2, 0.25) is 0 Å². The molecule has 2 rings (SSSR count). The van der Waals surface area contributed by atoms with Crippen molar-refractivity contribution >= 4 is 0 Å². The number of hydrogen-bond acceptors (Lipinski definition) is 2. The van der Waals surface area contributed by atoms with Crippen LogP contribution >= 0.6 is 0 Å². The molecular formula is C13H16N2O. The third-order valence-corrected chi connectivity index (χ3v) is 2.54. The van der Waals surface area contributed by atoms with E-state index >= 15 is 0 Å². The molecule has 0 unspecified atom stereocenters. The molecule has 3 heteroatoms. The van der Waals surface area contributed by atoms with Crippen LogP contribution in [0.3, 0.4) is 0 Å². The molecule has 1 heterocycles. The minimum Gasteiger partial charge on any atom is -0.485 e. The van der Waals surface area contributed by atoms with Gasteiger partial charge in [0.15, 0.2) is 0 Å². The summed E-state index contributed by atoms with van der Waals surface area (Å²) in [6.45, 7) is 4.53. The third-order valence-electron chi connectivity index (χ3n) is 2.54. The van der Waals surface area contributed by atoms with E-state index in [0.29, 0.717) is 6.61 Å². The Morgan fingerprint density at radius 2 is 2.00 bits per heavy atom. The molecule has 16 heavy (non-hydrogen) atoms. The molecule has 0 aliphatic carbocycles. The third kappa shape index (κ3) is 2.24. The predicted molar refractivity (Wildman–Crippen MR) is 63.5 cm³/mol. The Labute approximate surface area is 95.7 Å². The fourth-order valence-electron chi connectivity index (χ4n) is 1.66. The Hall–Kier alpha value is -1.77. The molecule has 0 saturated heterocycles. The highest BCUT2D eigenvalue weighted by Gasteiger charge is 2.04. The van der Waals surface area contributed by atoms with Gasteiger partial charge in [-0.1, -0.05) is 18.2 Å². The first kappa shape index (κ1) is 10.7. The van der Waals surface area contributed by atoms with Crippen LogP contribution in [0.5, 0.6) is 5.75 Å². The number of benzene rings is 1. The van der Waals surface area contributed by atoms with Crippen LogP contribution in [0.1, 0.15) is 17.1 Å². The van der Waals surface area contributed by atoms with E-state index in [1.54, 1.807) is 0 Å². The average molecular weight is 216 g/mol. The summed E-state index contributed by atoms with van der Waals surface area (Å²) < 4.78 is 7.73. The van der Waals surface area contributed by atoms with Gasteiger partial charge in [-0.2, -0.15) is 0 Å². The second-order valence-electron chi connectivity index (χ2n) is 3.96. The maximum Gasteiger partial charge on any atom is 0.146 e. The first-order chi connectivity index (χ1) is 7.66. The molecule has 0 amide bonds. The minimum absolute atomic E-state index is 0.509. The number of nitrogens with zero attached hydrogens (tertiary/aromatic N) is 2. The monoisotopic (exact) mass is 216 g/mol. The molecule has 1 aromatic heterocycles. The van der Waals surface area contributed by atoms with Gasteiger partial charge in [-0.25, -0.2) is 4.98 Å². The zero-order chi connectivity index (χ0) is 11.5. The van der Waals surface area contributed by atoms with Gasteiger partial charge in [0, 0.05) is 13.2 Å². The lowest BCUT2D eigenvalue weighted by Gasteiger charge is -2.08. The van der Waals surface area contributed by atoms with Gasteiger partial charge in [-0.3, -0.25) is 0 Å². The van der Waals surface area contributed by atoms with E-state index in [1.807, 2.05) is 55.9 Å². The highest BCUT2D eigenvalue weighted by atomic mass is 16.5. The lowest BCUT2D eigenvalue weighted by atomic mass is 10.2. The maximum absolute atomic E-state index is 5.73. The van der Waals surface area contributed by atoms with Gasteiger partial charge >= 0.3 is 0 Å². The Bertz CT molecular complexity index is 488. The predicted octanol–water partition coefficient (Wildman–Crippen LogP) is 2.62. The summed E-state index contributed by atoms with van der Waals surface area (Å²) in [5, 5.41) is 0. The molecule has 0 atom stereocenters. The van der Waals surface area contributed by atoms with E-state index < -0.39 is 0 Å². The largest absolute Gasteiger partial charge is 0.485 e. The van der Waals surface area contributed by atoms with Crippen molar-refractivity contribution in [3.63, 3.8) is 0 Å². The molecule has 0 saturated carbocycles. The quantitative estimate of drug-likeness (QED) is 0.788. The standard InChI is InChI=1S/C13H16N2O/c1-10-6-4-5-7-12(10)16-9-13-14-11(2)8-15(13)3/h4-8H,9H2,1-3H3. The van der Waals surface area contributed by atoms with E-state index in [9.17, 15) is 0 Å². The Kier molecular flexibility index (Phi) is 2.95. The van der Waals surface area contributed by atoms with E-state index in [2.05, 4.69) is 4.98 Å². The van der Waals surface area contributed by atoms with Crippen molar-refractivity contribution in [1.29, 1.82) is 0 Å². The summed E-state index contributed by atoms with van der Waals surface area (Å²) in [4.78, 5) is 4.39. The van der Waals surface area contributed by atoms with Crippen LogP contribution < -0.4 is 4.74 Å². The van der Waals surface area contributed by atoms with Crippen molar-refractivity contribution in [2.75, 3.05) is 0 Å². The first-order valence-electron chi connectivity index (χ1n) is 5.34. The summed E-state index contributed by atoms with van der Waals surface area (Å²) >= 11 is 0. The number of para-hydroxylation sites is 1. The summed E-state index contributed by atoms with van der Waals surface area (Å²) in [7, 11) is 1.98. The zero-order valence-electron chi connectivity index (χ0n) is 9.90. The molecule has 0 fully saturated rings. The van der Waals surface area contributed by atoms with E-state index in [0.717, 1.165) is 22.8 Å². The maximum atomic E-state index is 5.73. The molecule has 0 aliphatic heterocycles. The van der Waals surface area contributed by atoms with Gasteiger partial charge in [0.25, 0.3) is 0 Å². The van der Waals surface area contributed by atoms with Crippen LogP contribution in [0, 0.1) is 13.8 Å². The fraction of sp³-hybridized carbons (Fsp3) is 0.308. The molecule has 0 aliphatic rings. The van der Waals surface area contributed by atoms with Gasteiger partial charge in [-0.05, 0) is 25.5 Å². The van der Waals surface area contributed by atoms with Gasteiger partial charge < -0.3 is 9.30 Å². The second-order valence-corrected chi connectivity index (χ2v) is 3.96. The first-order valence-corrected chi connectivity index (χ1v) is 5.34. The van der Waals surface area contributed by atoms with Crippen molar-refractivity contribution in [2.24, 2.45) is 7.05 Å². The van der Waals surface area contributed by atoms with Gasteiger partial charge in [-0.15, -0.1) is 0 Å². The van der Waals surface area contributed by atoms with Crippen LogP contribution in [0.25, 0.3) is 0 Å². The molecule has 2 aromatic rings. The van der Waals surface area contributed by atoms with Crippen molar-refractivity contribution in [3.05, 3.63) is 47.5 Å². The summed E-state index contributed by atoms with van der Waals surface area (Å²) in [6, 6.07) is 8.00. The molecule has 0 spiro atoms. The van der Waals surface area contributed by atoms with Crippen molar-refractivity contribution < 1.29 is 4.74 Å². The molecule has 84 valence electrons. The molecular weight excluding hydrogens is 200 g/mol.